The summed E-state index contributed by atoms with van der Waals surface area (Å²) in [5, 5.41) is 0. The third kappa shape index (κ3) is 1.50. The Morgan fingerprint density at radius 1 is 1.14 bits per heavy atom. The molecule has 0 aromatic carbocycles. The molecule has 1 aromatic rings. The number of methoxy groups -OCH3 is 2. The Kier molecular flexibility index (Phi) is 2.95. The lowest BCUT2D eigenvalue weighted by molar-refractivity contribution is 0.111. The molecule has 6 heteroatoms. The van der Waals surface area contributed by atoms with Crippen LogP contribution < -0.4 is 9.47 Å². The summed E-state index contributed by atoms with van der Waals surface area (Å²) in [4.78, 5) is 13.7. The van der Waals surface area contributed by atoms with Crippen molar-refractivity contribution in [3.05, 3.63) is 17.2 Å². The van der Waals surface area contributed by atoms with E-state index in [1.807, 2.05) is 0 Å². The van der Waals surface area contributed by atoms with Crippen LogP contribution in [-0.4, -0.2) is 25.5 Å². The van der Waals surface area contributed by atoms with Crippen LogP contribution in [0.1, 0.15) is 10.4 Å². The lowest BCUT2D eigenvalue weighted by Crippen LogP contribution is -2.04. The normalized spacial score (nSPS) is 9.71. The van der Waals surface area contributed by atoms with Crippen LogP contribution in [0.25, 0.3) is 0 Å². The Balaban J connectivity index is 3.46. The first kappa shape index (κ1) is 10.4. The van der Waals surface area contributed by atoms with Crippen molar-refractivity contribution in [2.24, 2.45) is 0 Å². The van der Waals surface area contributed by atoms with E-state index in [-0.39, 0.29) is 6.29 Å². The molecule has 0 fully saturated rings. The lowest BCUT2D eigenvalue weighted by atomic mass is 10.2. The van der Waals surface area contributed by atoms with Crippen molar-refractivity contribution in [3.63, 3.8) is 0 Å². The zero-order valence-electron chi connectivity index (χ0n) is 7.51. The van der Waals surface area contributed by atoms with Crippen molar-refractivity contribution in [1.82, 2.24) is 4.98 Å². The van der Waals surface area contributed by atoms with Gasteiger partial charge < -0.3 is 9.47 Å². The molecule has 0 amide bonds. The molecule has 0 saturated heterocycles. The number of carbonyl (C=O) groups excluding carboxylic acids is 1. The molecule has 1 rings (SSSR count). The van der Waals surface area contributed by atoms with Gasteiger partial charge in [-0.2, -0.15) is 4.98 Å². The second-order valence-corrected chi connectivity index (χ2v) is 2.29. The summed E-state index contributed by atoms with van der Waals surface area (Å²) in [5.41, 5.74) is -0.756. The van der Waals surface area contributed by atoms with Crippen LogP contribution in [0.4, 0.5) is 8.78 Å². The molecule has 14 heavy (non-hydrogen) atoms. The van der Waals surface area contributed by atoms with Crippen LogP contribution in [0.2, 0.25) is 0 Å². The Morgan fingerprint density at radius 3 is 1.86 bits per heavy atom. The Bertz CT molecular complexity index is 340. The fourth-order valence-electron chi connectivity index (χ4n) is 0.891. The molecule has 1 aromatic heterocycles. The molecule has 1 heterocycles. The fraction of sp³-hybridized carbons (Fsp3) is 0.250. The molecule has 0 radical (unpaired) electrons. The van der Waals surface area contributed by atoms with E-state index in [0.29, 0.717) is 0 Å². The number of hydrogen-bond donors (Lipinski definition) is 0. The average molecular weight is 203 g/mol. The summed E-state index contributed by atoms with van der Waals surface area (Å²) in [6, 6.07) is 0. The zero-order chi connectivity index (χ0) is 10.7. The fourth-order valence-corrected chi connectivity index (χ4v) is 0.891. The van der Waals surface area contributed by atoms with E-state index in [4.69, 9.17) is 0 Å². The van der Waals surface area contributed by atoms with E-state index in [2.05, 4.69) is 14.5 Å². The van der Waals surface area contributed by atoms with E-state index < -0.39 is 29.0 Å². The van der Waals surface area contributed by atoms with Crippen molar-refractivity contribution < 1.29 is 23.0 Å². The van der Waals surface area contributed by atoms with Gasteiger partial charge in [0.2, 0.25) is 0 Å². The maximum absolute atomic E-state index is 13.1. The van der Waals surface area contributed by atoms with Gasteiger partial charge in [-0.15, -0.1) is 0 Å². The molecule has 0 aliphatic heterocycles. The molecule has 0 unspecified atom stereocenters. The monoisotopic (exact) mass is 203 g/mol. The molecule has 0 aliphatic rings. The average Bonchev–Trinajstić information content (AvgIpc) is 2.19. The second-order valence-electron chi connectivity index (χ2n) is 2.29. The summed E-state index contributed by atoms with van der Waals surface area (Å²) in [7, 11) is 2.30. The molecule has 0 bridgehead atoms. The molecule has 0 atom stereocenters. The number of hydrogen-bond acceptors (Lipinski definition) is 4. The van der Waals surface area contributed by atoms with E-state index in [1.165, 1.54) is 0 Å². The minimum Gasteiger partial charge on any atom is -0.479 e. The first-order valence-electron chi connectivity index (χ1n) is 3.57. The zero-order valence-corrected chi connectivity index (χ0v) is 7.51. The van der Waals surface area contributed by atoms with Gasteiger partial charge in [0.15, 0.2) is 17.9 Å². The van der Waals surface area contributed by atoms with Gasteiger partial charge in [0, 0.05) is 0 Å². The minimum atomic E-state index is -1.14. The van der Waals surface area contributed by atoms with Gasteiger partial charge in [-0.1, -0.05) is 0 Å². The standard InChI is InChI=1S/C8H7F2NO3/c1-13-7-5(9)4(3-12)6(10)8(11-7)14-2/h3H,1-2H3. The molecule has 4 nitrogen and oxygen atoms in total. The number of nitrogens with zero attached hydrogens (tertiary/aromatic N) is 1. The van der Waals surface area contributed by atoms with Gasteiger partial charge in [0.25, 0.3) is 11.8 Å². The molecule has 0 N–H and O–H groups in total. The number of halogens is 2. The minimum absolute atomic E-state index is 0.0391. The number of ether oxygens (including phenoxy) is 2. The second kappa shape index (κ2) is 3.99. The van der Waals surface area contributed by atoms with Gasteiger partial charge >= 0.3 is 0 Å². The summed E-state index contributed by atoms with van der Waals surface area (Å²) in [6.07, 6.45) is 0.0391. The van der Waals surface area contributed by atoms with Gasteiger partial charge in [-0.3, -0.25) is 4.79 Å². The summed E-state index contributed by atoms with van der Waals surface area (Å²) >= 11 is 0. The van der Waals surface area contributed by atoms with E-state index in [0.717, 1.165) is 14.2 Å². The van der Waals surface area contributed by atoms with Crippen molar-refractivity contribution >= 4 is 6.29 Å². The number of carbonyl (C=O) groups is 1. The van der Waals surface area contributed by atoms with E-state index in [1.54, 1.807) is 0 Å². The Morgan fingerprint density at radius 2 is 1.57 bits per heavy atom. The smallest absolute Gasteiger partial charge is 0.254 e. The SMILES string of the molecule is COc1nc(OC)c(F)c(C=O)c1F. The summed E-state index contributed by atoms with van der Waals surface area (Å²) in [5.74, 6) is -3.24. The predicted molar refractivity (Wildman–Crippen MR) is 42.6 cm³/mol. The van der Waals surface area contributed by atoms with E-state index in [9.17, 15) is 13.6 Å². The van der Waals surface area contributed by atoms with Crippen LogP contribution in [0, 0.1) is 11.6 Å². The lowest BCUT2D eigenvalue weighted by Gasteiger charge is -2.07. The predicted octanol–water partition coefficient (Wildman–Crippen LogP) is 1.19. The van der Waals surface area contributed by atoms with Crippen LogP contribution in [-0.2, 0) is 0 Å². The largest absolute Gasteiger partial charge is 0.479 e. The molecule has 0 aliphatic carbocycles. The van der Waals surface area contributed by atoms with Gasteiger partial charge in [0.1, 0.15) is 0 Å². The third-order valence-electron chi connectivity index (χ3n) is 1.56. The van der Waals surface area contributed by atoms with Gasteiger partial charge in [0.05, 0.1) is 19.8 Å². The quantitative estimate of drug-likeness (QED) is 0.692. The number of aromatic nitrogens is 1. The van der Waals surface area contributed by atoms with Crippen LogP contribution in [0.3, 0.4) is 0 Å². The molecular formula is C8H7F2NO3. The first-order valence-corrected chi connectivity index (χ1v) is 3.57. The van der Waals surface area contributed by atoms with Crippen LogP contribution in [0.5, 0.6) is 11.8 Å². The highest BCUT2D eigenvalue weighted by Crippen LogP contribution is 2.25. The Hall–Kier alpha value is -1.72. The molecule has 76 valence electrons. The van der Waals surface area contributed by atoms with Crippen molar-refractivity contribution in [2.75, 3.05) is 14.2 Å². The molecule has 0 saturated carbocycles. The highest BCUT2D eigenvalue weighted by molar-refractivity contribution is 5.77. The summed E-state index contributed by atoms with van der Waals surface area (Å²) in [6.45, 7) is 0. The van der Waals surface area contributed by atoms with Crippen LogP contribution >= 0.6 is 0 Å². The van der Waals surface area contributed by atoms with Crippen molar-refractivity contribution in [2.45, 2.75) is 0 Å². The number of pyridine rings is 1. The van der Waals surface area contributed by atoms with Gasteiger partial charge in [-0.05, 0) is 0 Å². The van der Waals surface area contributed by atoms with Crippen molar-refractivity contribution in [1.29, 1.82) is 0 Å². The third-order valence-corrected chi connectivity index (χ3v) is 1.56. The maximum atomic E-state index is 13.1. The van der Waals surface area contributed by atoms with Crippen LogP contribution in [0.15, 0.2) is 0 Å². The molecule has 0 spiro atoms. The highest BCUT2D eigenvalue weighted by atomic mass is 19.1. The Labute approximate surface area is 78.5 Å². The number of aldehydes is 1. The topological polar surface area (TPSA) is 48.4 Å². The molecular weight excluding hydrogens is 196 g/mol. The van der Waals surface area contributed by atoms with Crippen molar-refractivity contribution in [3.8, 4) is 11.8 Å². The first-order chi connectivity index (χ1) is 6.65. The number of rotatable bonds is 3. The van der Waals surface area contributed by atoms with E-state index >= 15 is 0 Å². The maximum Gasteiger partial charge on any atom is 0.254 e. The highest BCUT2D eigenvalue weighted by Gasteiger charge is 2.20. The summed E-state index contributed by atoms with van der Waals surface area (Å²) < 4.78 is 35.3. The van der Waals surface area contributed by atoms with Gasteiger partial charge in [-0.25, -0.2) is 8.78 Å².